The lowest BCUT2D eigenvalue weighted by Crippen LogP contribution is -2.61. The molecule has 3 aliphatic heterocycles. The Morgan fingerprint density at radius 1 is 0.692 bits per heavy atom. The first-order chi connectivity index (χ1) is 30.6. The van der Waals surface area contributed by atoms with Crippen molar-refractivity contribution in [3.8, 4) is 0 Å². The van der Waals surface area contributed by atoms with Crippen LogP contribution in [0.4, 0.5) is 0 Å². The number of hydrogen-bond donors (Lipinski definition) is 12. The lowest BCUT2D eigenvalue weighted by atomic mass is 9.82. The molecule has 13 N–H and O–H groups in total. The Balaban J connectivity index is 1.84. The zero-order valence-corrected chi connectivity index (χ0v) is 37.8. The van der Waals surface area contributed by atoms with Crippen LogP contribution in [0.1, 0.15) is 91.9 Å². The van der Waals surface area contributed by atoms with E-state index in [4.69, 9.17) is 24.7 Å². The number of aliphatic hydroxyl groups is 10. The number of carbonyl (C=O) groups excluding carboxylic acids is 1. The highest BCUT2D eigenvalue weighted by atomic mass is 16.7. The maximum Gasteiger partial charge on any atom is 0.311 e. The first-order valence-corrected chi connectivity index (χ1v) is 22.6. The Labute approximate surface area is 381 Å². The van der Waals surface area contributed by atoms with Crippen LogP contribution < -0.4 is 5.73 Å². The van der Waals surface area contributed by atoms with E-state index in [1.807, 2.05) is 49.5 Å². The van der Waals surface area contributed by atoms with Gasteiger partial charge in [0.25, 0.3) is 0 Å². The molecule has 0 aliphatic carbocycles. The van der Waals surface area contributed by atoms with Crippen LogP contribution in [0.2, 0.25) is 0 Å². The van der Waals surface area contributed by atoms with Crippen molar-refractivity contribution in [2.45, 2.75) is 189 Å². The summed E-state index contributed by atoms with van der Waals surface area (Å²) in [5.74, 6) is -6.82. The summed E-state index contributed by atoms with van der Waals surface area (Å²) in [7, 11) is 0. The molecular weight excluding hydrogens is 851 g/mol. The summed E-state index contributed by atoms with van der Waals surface area (Å²) in [6.07, 6.45) is 2.28. The highest BCUT2D eigenvalue weighted by Crippen LogP contribution is 2.38. The minimum absolute atomic E-state index is 0.138. The summed E-state index contributed by atoms with van der Waals surface area (Å²) in [6, 6.07) is -1.14. The van der Waals surface area contributed by atoms with Crippen molar-refractivity contribution in [3.63, 3.8) is 0 Å². The van der Waals surface area contributed by atoms with E-state index in [0.717, 1.165) is 12.8 Å². The smallest absolute Gasteiger partial charge is 0.311 e. The monoisotopic (exact) mass is 926 g/mol. The number of aliphatic hydroxyl groups excluding tert-OH is 9. The molecule has 370 valence electrons. The van der Waals surface area contributed by atoms with E-state index < -0.39 is 141 Å². The van der Waals surface area contributed by atoms with Crippen LogP contribution >= 0.6 is 0 Å². The average molecular weight is 926 g/mol. The molecule has 0 aromatic heterocycles. The fourth-order valence-electron chi connectivity index (χ4n) is 8.11. The van der Waals surface area contributed by atoms with Crippen LogP contribution in [0.3, 0.4) is 0 Å². The number of ether oxygens (including phenoxy) is 4. The number of aliphatic carboxylic acids is 1. The van der Waals surface area contributed by atoms with Gasteiger partial charge in [-0.15, -0.1) is 0 Å². The first kappa shape index (κ1) is 56.1. The number of cyclic esters (lactones) is 1. The predicted octanol–water partition coefficient (Wildman–Crippen LogP) is 0.936. The fraction of sp³-hybridized carbons (Fsp3) is 0.702. The third kappa shape index (κ3) is 18.8. The molecular formula is C47H75NO17. The van der Waals surface area contributed by atoms with Gasteiger partial charge in [0, 0.05) is 31.1 Å². The van der Waals surface area contributed by atoms with Crippen molar-refractivity contribution < 1.29 is 84.7 Å². The van der Waals surface area contributed by atoms with E-state index in [-0.39, 0.29) is 38.0 Å². The predicted molar refractivity (Wildman–Crippen MR) is 237 cm³/mol. The van der Waals surface area contributed by atoms with Crippen LogP contribution in [0.15, 0.2) is 72.9 Å². The SMILES string of the molecule is C[C@@H]1[C@H](O)[C@@H](C)/C=C/C=C/CC/C=C/C=C/C=C/C=C/[C@H](OC2O[C@@H](C)[C@H](O)[C@@H](N)[C@H]2O)C[C@@H]2OC(O)(C[C@@H](O)[C@H](O)CC[C@@H](O)C[C@@H](O)C[C@@H](O)CC(=O)O[C@H]1C)C[C@H](O)[C@H]2C(=O)O. The zero-order valence-electron chi connectivity index (χ0n) is 37.8. The molecule has 0 saturated carbocycles. The van der Waals surface area contributed by atoms with E-state index in [9.17, 15) is 65.8 Å². The van der Waals surface area contributed by atoms with Gasteiger partial charge >= 0.3 is 11.9 Å². The molecule has 19 atom stereocenters. The molecule has 2 bridgehead atoms. The number of nitrogens with two attached hydrogens (primary N) is 1. The zero-order chi connectivity index (χ0) is 48.4. The number of hydrogen-bond acceptors (Lipinski definition) is 17. The van der Waals surface area contributed by atoms with Crippen LogP contribution in [0.25, 0.3) is 0 Å². The molecule has 2 unspecified atom stereocenters. The second-order valence-corrected chi connectivity index (χ2v) is 17.8. The van der Waals surface area contributed by atoms with Crippen molar-refractivity contribution >= 4 is 11.9 Å². The second-order valence-electron chi connectivity index (χ2n) is 17.8. The van der Waals surface area contributed by atoms with Gasteiger partial charge in [-0.1, -0.05) is 86.8 Å². The van der Waals surface area contributed by atoms with E-state index in [0.29, 0.717) is 0 Å². The minimum Gasteiger partial charge on any atom is -0.481 e. The maximum absolute atomic E-state index is 12.6. The van der Waals surface area contributed by atoms with Crippen molar-refractivity contribution in [3.05, 3.63) is 72.9 Å². The van der Waals surface area contributed by atoms with Gasteiger partial charge in [-0.05, 0) is 52.4 Å². The van der Waals surface area contributed by atoms with E-state index >= 15 is 0 Å². The van der Waals surface area contributed by atoms with Crippen molar-refractivity contribution in [1.82, 2.24) is 0 Å². The lowest BCUT2D eigenvalue weighted by Gasteiger charge is -2.45. The van der Waals surface area contributed by atoms with Crippen LogP contribution in [0, 0.1) is 17.8 Å². The number of esters is 1. The number of allylic oxidation sites excluding steroid dienone is 10. The molecule has 18 heteroatoms. The molecule has 3 rings (SSSR count). The van der Waals surface area contributed by atoms with E-state index in [1.54, 1.807) is 38.2 Å². The van der Waals surface area contributed by atoms with Crippen LogP contribution in [-0.2, 0) is 28.5 Å². The largest absolute Gasteiger partial charge is 0.481 e. The van der Waals surface area contributed by atoms with Crippen LogP contribution in [0.5, 0.6) is 0 Å². The number of carboxylic acids is 1. The lowest BCUT2D eigenvalue weighted by molar-refractivity contribution is -0.310. The Hall–Kier alpha value is -3.18. The first-order valence-electron chi connectivity index (χ1n) is 22.6. The Kier molecular flexibility index (Phi) is 23.8. The van der Waals surface area contributed by atoms with Gasteiger partial charge in [0.05, 0.1) is 79.6 Å². The highest BCUT2D eigenvalue weighted by molar-refractivity contribution is 5.71. The highest BCUT2D eigenvalue weighted by Gasteiger charge is 2.51. The Morgan fingerprint density at radius 2 is 1.28 bits per heavy atom. The van der Waals surface area contributed by atoms with Gasteiger partial charge in [0.15, 0.2) is 12.1 Å². The minimum atomic E-state index is -2.35. The van der Waals surface area contributed by atoms with Gasteiger partial charge in [-0.2, -0.15) is 0 Å². The Morgan fingerprint density at radius 3 is 1.94 bits per heavy atom. The summed E-state index contributed by atoms with van der Waals surface area (Å²) in [5, 5.41) is 118. The summed E-state index contributed by atoms with van der Waals surface area (Å²) in [6.45, 7) is 6.78. The summed E-state index contributed by atoms with van der Waals surface area (Å²) in [4.78, 5) is 25.1. The molecule has 0 spiro atoms. The number of carbonyl (C=O) groups is 2. The van der Waals surface area contributed by atoms with Gasteiger partial charge in [0.1, 0.15) is 18.1 Å². The second kappa shape index (κ2) is 27.6. The number of carboxylic acid groups (broad SMARTS) is 1. The number of fused-ring (bicyclic) bond motifs is 2. The van der Waals surface area contributed by atoms with Crippen LogP contribution in [-0.4, -0.2) is 166 Å². The third-order valence-electron chi connectivity index (χ3n) is 12.2. The van der Waals surface area contributed by atoms with Gasteiger partial charge in [-0.3, -0.25) is 9.59 Å². The standard InChI is InChI=1S/C47H75NO17/c1-27-17-15-13-11-9-7-5-6-8-10-12-14-16-18-34(64-46-44(58)41(48)43(57)30(4)63-46)24-38-40(45(59)60)37(54)26-47(61,65-38)25-36(53)35(52)20-19-31(49)21-32(50)22-33(51)23-39(55)62-29(3)28(2)42(27)56/h5-6,8,10-18,27-38,40-44,46,49-54,56-58,61H,7,9,19-26,48H2,1-4H3,(H,59,60)/b6-5+,10-8+,13-11+,14-12+,17-15+,18-16+/t27-,28-,29-,30-,31+,32+,33+,34-,35+,36+,37-,38-,40+,41+,42+,43-,44+,46?,47?/m0/s1. The topological polar surface area (TPSA) is 320 Å². The summed E-state index contributed by atoms with van der Waals surface area (Å²) < 4.78 is 23.2. The van der Waals surface area contributed by atoms with Crippen molar-refractivity contribution in [2.75, 3.05) is 0 Å². The fourth-order valence-corrected chi connectivity index (χ4v) is 8.11. The summed E-state index contributed by atoms with van der Waals surface area (Å²) >= 11 is 0. The summed E-state index contributed by atoms with van der Waals surface area (Å²) in [5.41, 5.74) is 6.02. The van der Waals surface area contributed by atoms with Crippen molar-refractivity contribution in [1.29, 1.82) is 0 Å². The molecule has 0 aromatic rings. The molecule has 3 aliphatic rings. The molecule has 2 fully saturated rings. The molecule has 0 radical (unpaired) electrons. The average Bonchev–Trinajstić information content (AvgIpc) is 3.21. The molecule has 2 saturated heterocycles. The normalized spacial score (nSPS) is 45.2. The van der Waals surface area contributed by atoms with Gasteiger partial charge < -0.3 is 80.9 Å². The maximum atomic E-state index is 12.6. The molecule has 0 aromatic carbocycles. The van der Waals surface area contributed by atoms with Crippen molar-refractivity contribution in [2.24, 2.45) is 23.5 Å². The molecule has 18 nitrogen and oxygen atoms in total. The van der Waals surface area contributed by atoms with E-state index in [1.165, 1.54) is 13.0 Å². The van der Waals surface area contributed by atoms with E-state index in [2.05, 4.69) is 0 Å². The molecule has 65 heavy (non-hydrogen) atoms. The third-order valence-corrected chi connectivity index (χ3v) is 12.2. The number of rotatable bonds is 3. The Bertz CT molecular complexity index is 1620. The van der Waals surface area contributed by atoms with Gasteiger partial charge in [-0.25, -0.2) is 0 Å². The van der Waals surface area contributed by atoms with Gasteiger partial charge in [0.2, 0.25) is 0 Å². The quantitative estimate of drug-likeness (QED) is 0.175. The molecule has 0 amide bonds. The molecule has 3 heterocycles.